The summed E-state index contributed by atoms with van der Waals surface area (Å²) in [4.78, 5) is 28.4. The normalized spacial score (nSPS) is 21.3. The average Bonchev–Trinajstić information content (AvgIpc) is 2.64. The van der Waals surface area contributed by atoms with Gasteiger partial charge in [-0.25, -0.2) is 4.39 Å². The predicted octanol–water partition coefficient (Wildman–Crippen LogP) is 1.51. The second-order valence-corrected chi connectivity index (χ2v) is 7.72. The van der Waals surface area contributed by atoms with Gasteiger partial charge < -0.3 is 15.1 Å². The molecule has 2 saturated heterocycles. The molecule has 2 aliphatic rings. The molecule has 3 rings (SSSR count). The molecular weight excluding hydrogens is 341 g/mol. The number of rotatable bonds is 3. The Morgan fingerprint density at radius 1 is 1.24 bits per heavy atom. The summed E-state index contributed by atoms with van der Waals surface area (Å²) in [6.45, 7) is 4.70. The minimum Gasteiger partial charge on any atom is -0.339 e. The third-order valence-electron chi connectivity index (χ3n) is 4.76. The molecule has 2 fully saturated rings. The largest absolute Gasteiger partial charge is 0.339 e. The van der Waals surface area contributed by atoms with Gasteiger partial charge in [-0.05, 0) is 24.6 Å². The highest BCUT2D eigenvalue weighted by molar-refractivity contribution is 7.99. The highest BCUT2D eigenvalue weighted by Crippen LogP contribution is 2.15. The summed E-state index contributed by atoms with van der Waals surface area (Å²) in [5, 5.41) is 3.38. The van der Waals surface area contributed by atoms with Crippen LogP contribution in [0.15, 0.2) is 18.2 Å². The van der Waals surface area contributed by atoms with Gasteiger partial charge in [-0.2, -0.15) is 11.8 Å². The van der Waals surface area contributed by atoms with Crippen LogP contribution in [0.4, 0.5) is 4.39 Å². The van der Waals surface area contributed by atoms with E-state index in [9.17, 15) is 14.0 Å². The van der Waals surface area contributed by atoms with Gasteiger partial charge in [-0.15, -0.1) is 0 Å². The molecule has 2 amide bonds. The SMILES string of the molecule is Cc1ccc(C(=O)N2CCN(C(=O)CC3CSCCN3)CC2)cc1F. The van der Waals surface area contributed by atoms with Crippen molar-refractivity contribution in [1.29, 1.82) is 0 Å². The van der Waals surface area contributed by atoms with Crippen molar-refractivity contribution in [2.24, 2.45) is 0 Å². The molecule has 1 aromatic rings. The standard InChI is InChI=1S/C18H24FN3O2S/c1-13-2-3-14(10-16(13)19)18(24)22-7-5-21(6-8-22)17(23)11-15-12-25-9-4-20-15/h2-3,10,15,20H,4-9,11-12H2,1H3. The van der Waals surface area contributed by atoms with Crippen molar-refractivity contribution < 1.29 is 14.0 Å². The fourth-order valence-electron chi connectivity index (χ4n) is 3.16. The van der Waals surface area contributed by atoms with Gasteiger partial charge in [0.05, 0.1) is 0 Å². The van der Waals surface area contributed by atoms with Crippen LogP contribution in [0.1, 0.15) is 22.3 Å². The Bertz CT molecular complexity index is 641. The summed E-state index contributed by atoms with van der Waals surface area (Å²) in [6.07, 6.45) is 0.518. The smallest absolute Gasteiger partial charge is 0.254 e. The number of hydrogen-bond acceptors (Lipinski definition) is 4. The highest BCUT2D eigenvalue weighted by Gasteiger charge is 2.27. The minimum absolute atomic E-state index is 0.147. The first-order chi connectivity index (χ1) is 12.0. The molecule has 1 aromatic carbocycles. The minimum atomic E-state index is -0.363. The molecule has 0 aromatic heterocycles. The van der Waals surface area contributed by atoms with E-state index in [1.807, 2.05) is 16.7 Å². The summed E-state index contributed by atoms with van der Waals surface area (Å²) in [6, 6.07) is 4.82. The number of amides is 2. The molecule has 0 spiro atoms. The van der Waals surface area contributed by atoms with Crippen molar-refractivity contribution in [3.63, 3.8) is 0 Å². The maximum Gasteiger partial charge on any atom is 0.254 e. The zero-order valence-electron chi connectivity index (χ0n) is 14.5. The number of nitrogens with zero attached hydrogens (tertiary/aromatic N) is 2. The van der Waals surface area contributed by atoms with E-state index in [1.165, 1.54) is 6.07 Å². The van der Waals surface area contributed by atoms with E-state index in [-0.39, 0.29) is 23.7 Å². The lowest BCUT2D eigenvalue weighted by Gasteiger charge is -2.36. The van der Waals surface area contributed by atoms with Gasteiger partial charge in [0.1, 0.15) is 5.82 Å². The first-order valence-corrected chi connectivity index (χ1v) is 9.84. The molecule has 0 bridgehead atoms. The van der Waals surface area contributed by atoms with Gasteiger partial charge in [0.25, 0.3) is 5.91 Å². The van der Waals surface area contributed by atoms with Gasteiger partial charge >= 0.3 is 0 Å². The predicted molar refractivity (Wildman–Crippen MR) is 97.4 cm³/mol. The summed E-state index contributed by atoms with van der Waals surface area (Å²) in [5.74, 6) is 1.69. The molecule has 0 aliphatic carbocycles. The first kappa shape index (κ1) is 18.2. The number of halogens is 1. The van der Waals surface area contributed by atoms with E-state index in [0.29, 0.717) is 43.7 Å². The molecule has 1 atom stereocenters. The molecule has 0 saturated carbocycles. The fraction of sp³-hybridized carbons (Fsp3) is 0.556. The second kappa shape index (κ2) is 8.19. The Kier molecular flexibility index (Phi) is 5.96. The molecule has 2 heterocycles. The lowest BCUT2D eigenvalue weighted by Crippen LogP contribution is -2.52. The Hall–Kier alpha value is -1.60. The zero-order chi connectivity index (χ0) is 17.8. The zero-order valence-corrected chi connectivity index (χ0v) is 15.3. The molecule has 0 radical (unpaired) electrons. The van der Waals surface area contributed by atoms with Crippen LogP contribution in [0, 0.1) is 12.7 Å². The molecule has 7 heteroatoms. The summed E-state index contributed by atoms with van der Waals surface area (Å²) < 4.78 is 13.7. The van der Waals surface area contributed by atoms with E-state index in [4.69, 9.17) is 0 Å². The van der Waals surface area contributed by atoms with Crippen molar-refractivity contribution >= 4 is 23.6 Å². The number of aryl methyl sites for hydroxylation is 1. The molecule has 2 aliphatic heterocycles. The van der Waals surface area contributed by atoms with Crippen LogP contribution in [0.2, 0.25) is 0 Å². The Labute approximate surface area is 151 Å². The number of nitrogens with one attached hydrogen (secondary N) is 1. The van der Waals surface area contributed by atoms with Crippen LogP contribution in [-0.4, -0.2) is 71.9 Å². The number of benzene rings is 1. The number of carbonyl (C=O) groups excluding carboxylic acids is 2. The van der Waals surface area contributed by atoms with Gasteiger partial charge in [-0.1, -0.05) is 6.07 Å². The average molecular weight is 365 g/mol. The van der Waals surface area contributed by atoms with Crippen LogP contribution < -0.4 is 5.32 Å². The molecule has 1 unspecified atom stereocenters. The van der Waals surface area contributed by atoms with Gasteiger partial charge in [0.2, 0.25) is 5.91 Å². The molecule has 136 valence electrons. The molecule has 5 nitrogen and oxygen atoms in total. The van der Waals surface area contributed by atoms with E-state index in [0.717, 1.165) is 18.1 Å². The van der Waals surface area contributed by atoms with Crippen LogP contribution in [-0.2, 0) is 4.79 Å². The number of piperazine rings is 1. The van der Waals surface area contributed by atoms with E-state index < -0.39 is 0 Å². The van der Waals surface area contributed by atoms with Gasteiger partial charge in [-0.3, -0.25) is 9.59 Å². The van der Waals surface area contributed by atoms with E-state index in [1.54, 1.807) is 24.0 Å². The van der Waals surface area contributed by atoms with E-state index in [2.05, 4.69) is 5.32 Å². The number of carbonyl (C=O) groups is 2. The second-order valence-electron chi connectivity index (χ2n) is 6.57. The van der Waals surface area contributed by atoms with Crippen molar-refractivity contribution in [3.05, 3.63) is 35.1 Å². The van der Waals surface area contributed by atoms with Crippen molar-refractivity contribution in [2.75, 3.05) is 44.2 Å². The summed E-state index contributed by atoms with van der Waals surface area (Å²) in [5.41, 5.74) is 0.896. The first-order valence-electron chi connectivity index (χ1n) is 8.69. The van der Waals surface area contributed by atoms with Crippen molar-refractivity contribution in [2.45, 2.75) is 19.4 Å². The third-order valence-corrected chi connectivity index (χ3v) is 5.89. The number of thioether (sulfide) groups is 1. The van der Waals surface area contributed by atoms with Gasteiger partial charge in [0, 0.05) is 62.3 Å². The maximum atomic E-state index is 13.7. The Morgan fingerprint density at radius 3 is 2.60 bits per heavy atom. The van der Waals surface area contributed by atoms with Crippen LogP contribution in [0.5, 0.6) is 0 Å². The molecule has 25 heavy (non-hydrogen) atoms. The lowest BCUT2D eigenvalue weighted by atomic mass is 10.1. The van der Waals surface area contributed by atoms with Crippen molar-refractivity contribution in [3.8, 4) is 0 Å². The summed E-state index contributed by atoms with van der Waals surface area (Å²) >= 11 is 1.88. The topological polar surface area (TPSA) is 52.7 Å². The highest BCUT2D eigenvalue weighted by atomic mass is 32.2. The molecular formula is C18H24FN3O2S. The van der Waals surface area contributed by atoms with Crippen molar-refractivity contribution in [1.82, 2.24) is 15.1 Å². The Balaban J connectivity index is 1.51. The lowest BCUT2D eigenvalue weighted by molar-refractivity contribution is -0.133. The van der Waals surface area contributed by atoms with Gasteiger partial charge in [0.15, 0.2) is 0 Å². The number of hydrogen-bond donors (Lipinski definition) is 1. The Morgan fingerprint density at radius 2 is 1.96 bits per heavy atom. The third kappa shape index (κ3) is 4.52. The molecule has 1 N–H and O–H groups in total. The monoisotopic (exact) mass is 365 g/mol. The van der Waals surface area contributed by atoms with E-state index >= 15 is 0 Å². The van der Waals surface area contributed by atoms with Crippen LogP contribution >= 0.6 is 11.8 Å². The maximum absolute atomic E-state index is 13.7. The summed E-state index contributed by atoms with van der Waals surface area (Å²) in [7, 11) is 0. The fourth-order valence-corrected chi connectivity index (χ4v) is 4.11. The van der Waals surface area contributed by atoms with Crippen LogP contribution in [0.25, 0.3) is 0 Å². The quantitative estimate of drug-likeness (QED) is 0.882. The van der Waals surface area contributed by atoms with Crippen LogP contribution in [0.3, 0.4) is 0 Å².